The fourth-order valence-electron chi connectivity index (χ4n) is 12.7. The number of hydrogen-bond donors (Lipinski definition) is 4. The maximum Gasteiger partial charge on any atom is 0.472 e. The van der Waals surface area contributed by atoms with Crippen LogP contribution in [-0.4, -0.2) is 95.9 Å². The van der Waals surface area contributed by atoms with E-state index in [4.69, 9.17) is 32.3 Å². The van der Waals surface area contributed by atoms with Gasteiger partial charge in [0.05, 0.1) is 26.4 Å². The number of allylic oxidation sites excluding steroid dienone is 32. The zero-order chi connectivity index (χ0) is 87.9. The summed E-state index contributed by atoms with van der Waals surface area (Å²) in [4.78, 5) is 59.1. The molecule has 0 saturated carbocycles. The summed E-state index contributed by atoms with van der Waals surface area (Å²) < 4.78 is 61.6. The van der Waals surface area contributed by atoms with Crippen LogP contribution in [0.25, 0.3) is 0 Å². The molecule has 0 rings (SSSR count). The first kappa shape index (κ1) is 115. The summed E-state index contributed by atoms with van der Waals surface area (Å²) in [6, 6.07) is 0. The van der Waals surface area contributed by atoms with Crippen molar-refractivity contribution in [2.75, 3.05) is 39.6 Å². The maximum atomic E-state index is 13.1. The third-order valence-electron chi connectivity index (χ3n) is 19.8. The van der Waals surface area contributed by atoms with Gasteiger partial charge in [-0.15, -0.1) is 0 Å². The molecule has 0 amide bonds. The van der Waals surface area contributed by atoms with Crippen molar-refractivity contribution < 1.29 is 75.8 Å². The average molecular weight is 1730 g/mol. The van der Waals surface area contributed by atoms with Crippen LogP contribution in [0.4, 0.5) is 0 Å². The first-order valence-corrected chi connectivity index (χ1v) is 50.7. The Morgan fingerprint density at radius 1 is 0.231 bits per heavy atom. The number of rotatable bonds is 89. The minimum atomic E-state index is -4.95. The first-order chi connectivity index (χ1) is 59.2. The topological polar surface area (TPSA) is 231 Å². The summed E-state index contributed by atoms with van der Waals surface area (Å²) in [5.74, 6) is -1.58. The average Bonchev–Trinajstić information content (AvgIpc) is 0.930. The van der Waals surface area contributed by atoms with Crippen molar-refractivity contribution in [1.82, 2.24) is 0 Å². The number of carbonyl (C=O) groups excluding carboxylic acids is 3. The number of phosphoric ester groups is 2. The molecule has 0 aromatic heterocycles. The Morgan fingerprint density at radius 3 is 0.653 bits per heavy atom. The summed E-state index contributed by atoms with van der Waals surface area (Å²) in [6.45, 7) is 2.37. The lowest BCUT2D eigenvalue weighted by atomic mass is 10.0. The van der Waals surface area contributed by atoms with Crippen LogP contribution in [-0.2, 0) is 55.8 Å². The Balaban J connectivity index is 4.68. The molecule has 690 valence electrons. The second-order valence-corrected chi connectivity index (χ2v) is 34.3. The van der Waals surface area contributed by atoms with Gasteiger partial charge in [0.15, 0.2) is 6.10 Å². The van der Waals surface area contributed by atoms with E-state index in [2.05, 4.69) is 215 Å². The van der Waals surface area contributed by atoms with Gasteiger partial charge in [0, 0.05) is 19.3 Å². The largest absolute Gasteiger partial charge is 0.472 e. The minimum absolute atomic E-state index is 0.0883. The standard InChI is InChI=1S/C103H172O16P2/c1-4-7-10-13-16-19-22-25-28-31-34-37-40-43-46-48-51-53-56-59-62-65-68-71-74-77-80-83-86-89-101(106)113-92-98(104)93-115-120(109,110)116-94-99(105)95-117-121(111,112)118-97-100(119-103(108)91-88-85-82-79-76-73-70-67-64-61-58-55-50-45-42-39-36-33-30-27-24-21-18-15-12-9-6-3)96-114-102(107)90-87-84-81-78-75-72-69-66-63-60-57-54-52-49-47-44-41-38-35-32-29-26-23-20-17-14-11-8-5-2/h7-12,16-21,25-30,34-39,43-47,50,58,61,98-100,104-105H,4-6,13-15,22-24,31-33,40-42,48-49,51-57,59-60,62-97H2,1-3H3,(H,109,110)(H,111,112)/b10-7-,11-8-,12-9-,19-16-,20-17-,21-18-,28-25-,29-26-,30-27-,37-34-,38-35-,39-36-,46-43-,47-44-,50-45-,61-58-. The van der Waals surface area contributed by atoms with Crippen LogP contribution in [0.3, 0.4) is 0 Å². The molecule has 0 bridgehead atoms. The van der Waals surface area contributed by atoms with E-state index in [9.17, 15) is 43.5 Å². The van der Waals surface area contributed by atoms with E-state index in [1.54, 1.807) is 0 Å². The van der Waals surface area contributed by atoms with Crippen LogP contribution in [0.1, 0.15) is 380 Å². The van der Waals surface area contributed by atoms with Gasteiger partial charge in [-0.05, 0) is 161 Å². The third kappa shape index (κ3) is 94.9. The molecular weight excluding hydrogens is 1560 g/mol. The first-order valence-electron chi connectivity index (χ1n) is 47.7. The fraction of sp³-hybridized carbons (Fsp3) is 0.660. The number of phosphoric acid groups is 2. The molecule has 4 N–H and O–H groups in total. The number of ether oxygens (including phenoxy) is 3. The lowest BCUT2D eigenvalue weighted by molar-refractivity contribution is -0.161. The second-order valence-electron chi connectivity index (χ2n) is 31.4. The highest BCUT2D eigenvalue weighted by molar-refractivity contribution is 7.47. The van der Waals surface area contributed by atoms with E-state index in [1.807, 2.05) is 0 Å². The molecule has 0 spiro atoms. The van der Waals surface area contributed by atoms with Crippen molar-refractivity contribution in [2.24, 2.45) is 0 Å². The number of unbranched alkanes of at least 4 members (excludes halogenated alkanes) is 34. The maximum absolute atomic E-state index is 13.1. The number of hydrogen-bond acceptors (Lipinski definition) is 14. The van der Waals surface area contributed by atoms with Gasteiger partial charge in [0.25, 0.3) is 0 Å². The van der Waals surface area contributed by atoms with E-state index in [-0.39, 0.29) is 19.3 Å². The summed E-state index contributed by atoms with van der Waals surface area (Å²) in [7, 11) is -9.82. The van der Waals surface area contributed by atoms with Crippen LogP contribution in [0, 0.1) is 0 Å². The molecular formula is C103H172O16P2. The van der Waals surface area contributed by atoms with E-state index in [1.165, 1.54) is 116 Å². The van der Waals surface area contributed by atoms with Crippen LogP contribution in [0.2, 0.25) is 0 Å². The predicted molar refractivity (Wildman–Crippen MR) is 509 cm³/mol. The highest BCUT2D eigenvalue weighted by Crippen LogP contribution is 2.45. The second kappa shape index (κ2) is 93.5. The van der Waals surface area contributed by atoms with E-state index in [0.29, 0.717) is 19.3 Å². The van der Waals surface area contributed by atoms with Crippen molar-refractivity contribution >= 4 is 33.6 Å². The highest BCUT2D eigenvalue weighted by Gasteiger charge is 2.30. The Morgan fingerprint density at radius 2 is 0.413 bits per heavy atom. The molecule has 0 aromatic rings. The summed E-state index contributed by atoms with van der Waals surface area (Å²) in [5.41, 5.74) is 0. The quantitative estimate of drug-likeness (QED) is 0.0146. The normalized spacial score (nSPS) is 14.6. The lowest BCUT2D eigenvalue weighted by Crippen LogP contribution is -2.30. The van der Waals surface area contributed by atoms with Gasteiger partial charge in [-0.3, -0.25) is 32.5 Å². The number of carbonyl (C=O) groups is 3. The van der Waals surface area contributed by atoms with Crippen molar-refractivity contribution in [3.8, 4) is 0 Å². The molecule has 0 aliphatic rings. The molecule has 0 aliphatic heterocycles. The molecule has 5 unspecified atom stereocenters. The van der Waals surface area contributed by atoms with Crippen LogP contribution >= 0.6 is 15.6 Å². The molecule has 18 heteroatoms. The number of aliphatic hydroxyl groups excluding tert-OH is 2. The Bertz CT molecular complexity index is 2980. The Labute approximate surface area is 737 Å². The van der Waals surface area contributed by atoms with Gasteiger partial charge >= 0.3 is 33.6 Å². The molecule has 0 heterocycles. The molecule has 0 aliphatic carbocycles. The number of esters is 3. The van der Waals surface area contributed by atoms with Gasteiger partial charge in [-0.25, -0.2) is 9.13 Å². The molecule has 0 radical (unpaired) electrons. The Kier molecular flexibility index (Phi) is 89.2. The van der Waals surface area contributed by atoms with Gasteiger partial charge in [0.1, 0.15) is 25.4 Å². The molecule has 0 saturated heterocycles. The van der Waals surface area contributed by atoms with E-state index < -0.39 is 91.5 Å². The molecule has 16 nitrogen and oxygen atoms in total. The fourth-order valence-corrected chi connectivity index (χ4v) is 14.3. The minimum Gasteiger partial charge on any atom is -0.463 e. The van der Waals surface area contributed by atoms with Crippen LogP contribution in [0.15, 0.2) is 194 Å². The summed E-state index contributed by atoms with van der Waals surface area (Å²) >= 11 is 0. The zero-order valence-electron chi connectivity index (χ0n) is 76.1. The van der Waals surface area contributed by atoms with Crippen molar-refractivity contribution in [2.45, 2.75) is 399 Å². The molecule has 5 atom stereocenters. The molecule has 0 fully saturated rings. The van der Waals surface area contributed by atoms with E-state index >= 15 is 0 Å². The smallest absolute Gasteiger partial charge is 0.463 e. The van der Waals surface area contributed by atoms with Crippen LogP contribution in [0.5, 0.6) is 0 Å². The molecule has 121 heavy (non-hydrogen) atoms. The van der Waals surface area contributed by atoms with Gasteiger partial charge in [-0.1, -0.05) is 395 Å². The van der Waals surface area contributed by atoms with Crippen molar-refractivity contribution in [3.63, 3.8) is 0 Å². The monoisotopic (exact) mass is 1730 g/mol. The third-order valence-corrected chi connectivity index (χ3v) is 21.7. The van der Waals surface area contributed by atoms with Gasteiger partial charge in [-0.2, -0.15) is 0 Å². The van der Waals surface area contributed by atoms with Gasteiger partial charge in [0.2, 0.25) is 0 Å². The summed E-state index contributed by atoms with van der Waals surface area (Å²) in [6.07, 6.45) is 125. The molecule has 0 aromatic carbocycles. The Hall–Kier alpha value is -5.61. The predicted octanol–water partition coefficient (Wildman–Crippen LogP) is 29.8. The summed E-state index contributed by atoms with van der Waals surface area (Å²) in [5, 5.41) is 20.8. The van der Waals surface area contributed by atoms with Crippen molar-refractivity contribution in [1.29, 1.82) is 0 Å². The van der Waals surface area contributed by atoms with Crippen molar-refractivity contribution in [3.05, 3.63) is 194 Å². The zero-order valence-corrected chi connectivity index (χ0v) is 77.9. The van der Waals surface area contributed by atoms with E-state index in [0.717, 1.165) is 205 Å². The van der Waals surface area contributed by atoms with Gasteiger partial charge < -0.3 is 34.2 Å². The SMILES string of the molecule is CC/C=C\C/C=C\C/C=C\C/C=C\C/C=C\C/C=C\CCCCCCCCCCC(=O)OC(COC(=O)CCCCCCCCCCCCCCC/C=C\C/C=C\C/C=C\C/C=C\C/C=C\CC)COP(=O)(O)OCC(O)COP(=O)(O)OCC(O)COC(=O)CCCCCCCCCCCCCCC/C=C\C/C=C\C/C=C\C/C=C\C/C=C\CC. The van der Waals surface area contributed by atoms with Crippen LogP contribution < -0.4 is 0 Å². The number of aliphatic hydroxyl groups is 2. The highest BCUT2D eigenvalue weighted by atomic mass is 31.2. The lowest BCUT2D eigenvalue weighted by Gasteiger charge is -2.21.